The smallest absolute Gasteiger partial charge is 0.463 e. The number of phosphoric acid groups is 2. The van der Waals surface area contributed by atoms with Gasteiger partial charge in [-0.1, -0.05) is 319 Å². The first-order valence-corrected chi connectivity index (χ1v) is 44.4. The molecular weight excluding hydrogens is 1390 g/mol. The molecule has 0 saturated heterocycles. The number of allylic oxidation sites excluding steroid dienone is 28. The Balaban J connectivity index is 4.53. The molecule has 0 radical (unpaired) electrons. The topological polar surface area (TPSA) is 231 Å². The molecule has 5 unspecified atom stereocenters. The lowest BCUT2D eigenvalue weighted by molar-refractivity contribution is -0.161. The van der Waals surface area contributed by atoms with E-state index < -0.39 is 91.5 Å². The Kier molecular flexibility index (Phi) is 76.6. The molecule has 0 rings (SSSR count). The van der Waals surface area contributed by atoms with E-state index in [-0.39, 0.29) is 19.3 Å². The van der Waals surface area contributed by atoms with Crippen molar-refractivity contribution in [3.05, 3.63) is 170 Å². The summed E-state index contributed by atoms with van der Waals surface area (Å²) in [6, 6.07) is 0. The first kappa shape index (κ1) is 102. The van der Waals surface area contributed by atoms with Gasteiger partial charge in [0.2, 0.25) is 0 Å². The average molecular weight is 1540 g/mol. The van der Waals surface area contributed by atoms with Crippen molar-refractivity contribution in [1.82, 2.24) is 0 Å². The summed E-state index contributed by atoms with van der Waals surface area (Å²) in [5.41, 5.74) is 0. The van der Waals surface area contributed by atoms with E-state index in [1.165, 1.54) is 89.9 Å². The van der Waals surface area contributed by atoms with Gasteiger partial charge in [-0.05, 0) is 148 Å². The average Bonchev–Trinajstić information content (AvgIpc) is 0.907. The van der Waals surface area contributed by atoms with Crippen molar-refractivity contribution in [3.8, 4) is 0 Å². The monoisotopic (exact) mass is 1540 g/mol. The van der Waals surface area contributed by atoms with Crippen LogP contribution in [0.1, 0.15) is 316 Å². The Morgan fingerprint density at radius 1 is 0.262 bits per heavy atom. The zero-order valence-electron chi connectivity index (χ0n) is 66.7. The van der Waals surface area contributed by atoms with E-state index in [1.54, 1.807) is 0 Å². The fourth-order valence-corrected chi connectivity index (χ4v) is 12.3. The number of ether oxygens (including phenoxy) is 3. The molecule has 0 aliphatic carbocycles. The Labute approximate surface area is 650 Å². The lowest BCUT2D eigenvalue weighted by atomic mass is 10.0. The number of esters is 3. The second-order valence-electron chi connectivity index (χ2n) is 27.1. The van der Waals surface area contributed by atoms with Crippen molar-refractivity contribution in [3.63, 3.8) is 0 Å². The molecule has 0 saturated carbocycles. The Morgan fingerprint density at radius 3 is 0.748 bits per heavy atom. The van der Waals surface area contributed by atoms with Crippen molar-refractivity contribution in [2.24, 2.45) is 0 Å². The van der Waals surface area contributed by atoms with E-state index in [4.69, 9.17) is 32.3 Å². The Hall–Kier alpha value is -5.09. The summed E-state index contributed by atoms with van der Waals surface area (Å²) in [5, 5.41) is 20.7. The van der Waals surface area contributed by atoms with Crippen LogP contribution in [0, 0.1) is 0 Å². The highest BCUT2D eigenvalue weighted by Gasteiger charge is 2.29. The molecule has 610 valence electrons. The predicted molar refractivity (Wildman–Crippen MR) is 445 cm³/mol. The first-order chi connectivity index (χ1) is 52.2. The number of aliphatic hydroxyl groups is 2. The molecule has 0 spiro atoms. The van der Waals surface area contributed by atoms with E-state index in [9.17, 15) is 43.5 Å². The minimum Gasteiger partial charge on any atom is -0.463 e. The van der Waals surface area contributed by atoms with Crippen molar-refractivity contribution in [2.45, 2.75) is 334 Å². The first-order valence-electron chi connectivity index (χ1n) is 41.4. The molecule has 107 heavy (non-hydrogen) atoms. The fourth-order valence-electron chi connectivity index (χ4n) is 10.7. The van der Waals surface area contributed by atoms with Crippen LogP contribution in [0.25, 0.3) is 0 Å². The maximum atomic E-state index is 13.0. The highest BCUT2D eigenvalue weighted by atomic mass is 31.2. The highest BCUT2D eigenvalue weighted by molar-refractivity contribution is 7.47. The van der Waals surface area contributed by atoms with Crippen molar-refractivity contribution in [1.29, 1.82) is 0 Å². The lowest BCUT2D eigenvalue weighted by Crippen LogP contribution is -2.30. The van der Waals surface area contributed by atoms with Crippen LogP contribution in [-0.4, -0.2) is 95.9 Å². The van der Waals surface area contributed by atoms with Gasteiger partial charge in [-0.2, -0.15) is 0 Å². The van der Waals surface area contributed by atoms with E-state index in [1.807, 2.05) is 0 Å². The van der Waals surface area contributed by atoms with Gasteiger partial charge in [-0.15, -0.1) is 0 Å². The molecule has 0 aliphatic heterocycles. The lowest BCUT2D eigenvalue weighted by Gasteiger charge is -2.21. The summed E-state index contributed by atoms with van der Waals surface area (Å²) in [4.78, 5) is 58.7. The Morgan fingerprint density at radius 2 is 0.467 bits per heavy atom. The van der Waals surface area contributed by atoms with E-state index in [0.717, 1.165) is 167 Å². The normalized spacial score (nSPS) is 14.8. The SMILES string of the molecule is CC/C=C\C/C=C\C/C=C\C/C=C\C/C=C\CCCCCCCCCCCCCCCCCCCC(=O)OCC(O)COP(=O)(O)OCC(O)COP(=O)(O)OCC(COC(=O)CCCCC/C=C\C/C=C\C/C=C\C/C=C\C/C=C\CC)OC(=O)CCCCCCCC/C=C\C/C=C\C/C=C\C/C=C\CC. The molecule has 0 aromatic heterocycles. The van der Waals surface area contributed by atoms with Gasteiger partial charge in [0, 0.05) is 19.3 Å². The molecule has 0 aromatic rings. The maximum Gasteiger partial charge on any atom is 0.472 e. The van der Waals surface area contributed by atoms with Gasteiger partial charge < -0.3 is 34.2 Å². The van der Waals surface area contributed by atoms with Gasteiger partial charge in [0.25, 0.3) is 0 Å². The fraction of sp³-hybridized carbons (Fsp3) is 0.652. The highest BCUT2D eigenvalue weighted by Crippen LogP contribution is 2.45. The van der Waals surface area contributed by atoms with Crippen molar-refractivity contribution >= 4 is 33.6 Å². The third-order valence-corrected chi connectivity index (χ3v) is 18.8. The minimum atomic E-state index is -4.95. The number of unbranched alkanes of at least 4 members (excludes halogenated alkanes) is 26. The molecule has 0 aromatic carbocycles. The number of carbonyl (C=O) groups excluding carboxylic acids is 3. The van der Waals surface area contributed by atoms with Gasteiger partial charge in [0.1, 0.15) is 25.4 Å². The molecule has 4 N–H and O–H groups in total. The zero-order valence-corrected chi connectivity index (χ0v) is 68.5. The molecule has 16 nitrogen and oxygen atoms in total. The number of aliphatic hydroxyl groups excluding tert-OH is 2. The second kappa shape index (κ2) is 80.4. The van der Waals surface area contributed by atoms with Crippen molar-refractivity contribution < 1.29 is 75.8 Å². The second-order valence-corrected chi connectivity index (χ2v) is 30.0. The largest absolute Gasteiger partial charge is 0.472 e. The van der Waals surface area contributed by atoms with Crippen LogP contribution in [0.3, 0.4) is 0 Å². The van der Waals surface area contributed by atoms with Crippen LogP contribution >= 0.6 is 15.6 Å². The molecule has 0 bridgehead atoms. The zero-order chi connectivity index (χ0) is 78.0. The van der Waals surface area contributed by atoms with Crippen LogP contribution in [0.2, 0.25) is 0 Å². The van der Waals surface area contributed by atoms with Crippen molar-refractivity contribution in [2.75, 3.05) is 39.6 Å². The van der Waals surface area contributed by atoms with E-state index in [2.05, 4.69) is 191 Å². The summed E-state index contributed by atoms with van der Waals surface area (Å²) in [5.74, 6) is -1.63. The van der Waals surface area contributed by atoms with Gasteiger partial charge >= 0.3 is 33.6 Å². The Bertz CT molecular complexity index is 2620. The standard InChI is InChI=1S/C89H148O16P2/c1-4-7-10-13-16-19-22-25-28-31-34-35-36-37-38-39-40-41-42-43-44-45-46-47-50-52-54-57-60-63-66-69-72-75-87(92)99-78-84(90)79-101-106(95,96)102-80-85(91)81-103-107(97,98)104-83-86(105-89(94)77-74-71-68-65-62-59-56-53-49-33-30-27-24-21-18-15-12-9-6-3)82-100-88(93)76-73-70-67-64-61-58-55-51-48-32-29-26-23-20-17-14-11-8-5-2/h7-12,16-21,25-30,34-35,37-38,48-49,51,53,58,61,84-86,90-91H,4-6,13-15,22-24,31-33,36,39-47,50,52,54-57,59-60,62-83H2,1-3H3,(H,95,96)(H,97,98)/b10-7-,11-8-,12-9-,19-16-,20-17-,21-18-,28-25-,29-26-,30-27-,35-34-,38-37-,51-48-,53-49-,61-58-. The van der Waals surface area contributed by atoms with Crippen LogP contribution in [0.4, 0.5) is 0 Å². The summed E-state index contributed by atoms with van der Waals surface area (Å²) in [7, 11) is -9.82. The van der Waals surface area contributed by atoms with Crippen LogP contribution in [0.5, 0.6) is 0 Å². The molecule has 18 heteroatoms. The molecule has 0 fully saturated rings. The molecule has 0 amide bonds. The molecule has 5 atom stereocenters. The maximum absolute atomic E-state index is 13.0. The van der Waals surface area contributed by atoms with Gasteiger partial charge in [-0.25, -0.2) is 9.13 Å². The summed E-state index contributed by atoms with van der Waals surface area (Å²) < 4.78 is 61.2. The van der Waals surface area contributed by atoms with Crippen LogP contribution in [-0.2, 0) is 55.8 Å². The third-order valence-electron chi connectivity index (χ3n) is 16.9. The number of rotatable bonds is 77. The van der Waals surface area contributed by atoms with E-state index in [0.29, 0.717) is 19.3 Å². The summed E-state index contributed by atoms with van der Waals surface area (Å²) in [6.07, 6.45) is 103. The number of hydrogen-bond donors (Lipinski definition) is 4. The minimum absolute atomic E-state index is 0.0753. The molecule has 0 heterocycles. The number of phosphoric ester groups is 2. The van der Waals surface area contributed by atoms with Crippen LogP contribution < -0.4 is 0 Å². The van der Waals surface area contributed by atoms with Gasteiger partial charge in [0.05, 0.1) is 26.4 Å². The summed E-state index contributed by atoms with van der Waals surface area (Å²) >= 11 is 0. The van der Waals surface area contributed by atoms with Crippen LogP contribution in [0.15, 0.2) is 170 Å². The van der Waals surface area contributed by atoms with E-state index >= 15 is 0 Å². The molecule has 0 aliphatic rings. The molecular formula is C89H148O16P2. The number of carbonyl (C=O) groups is 3. The quantitative estimate of drug-likeness (QED) is 0.0146. The predicted octanol–water partition coefficient (Wildman–Crippen LogP) is 24.8. The third kappa shape index (κ3) is 81.7. The number of hydrogen-bond acceptors (Lipinski definition) is 14. The van der Waals surface area contributed by atoms with Gasteiger partial charge in [0.15, 0.2) is 6.10 Å². The van der Waals surface area contributed by atoms with Gasteiger partial charge in [-0.3, -0.25) is 32.5 Å². The summed E-state index contributed by atoms with van der Waals surface area (Å²) in [6.45, 7) is 2.29.